The van der Waals surface area contributed by atoms with E-state index < -0.39 is 84.6 Å². The molecule has 0 fully saturated rings. The first-order valence-electron chi connectivity index (χ1n) is 53.7. The Morgan fingerprint density at radius 3 is 0.644 bits per heavy atom. The summed E-state index contributed by atoms with van der Waals surface area (Å²) in [5, 5.41) is 6.65. The maximum atomic E-state index is 8.66. The van der Waals surface area contributed by atoms with Crippen molar-refractivity contribution in [3.8, 4) is 225 Å². The highest BCUT2D eigenvalue weighted by Gasteiger charge is 2.26. The third-order valence-electron chi connectivity index (χ3n) is 24.3. The summed E-state index contributed by atoms with van der Waals surface area (Å²) < 4.78 is 185. The van der Waals surface area contributed by atoms with E-state index in [-0.39, 0.29) is 76.0 Å². The van der Waals surface area contributed by atoms with Crippen LogP contribution in [-0.4, -0.2) is 29.9 Å². The molecule has 20 aromatic carbocycles. The summed E-state index contributed by atoms with van der Waals surface area (Å²) >= 11 is 0. The summed E-state index contributed by atoms with van der Waals surface area (Å²) in [6.07, 6.45) is 0. The molecule has 23 aromatic rings. The lowest BCUT2D eigenvalue weighted by Gasteiger charge is -2.22. The van der Waals surface area contributed by atoms with E-state index in [1.54, 1.807) is 30.3 Å². The largest absolute Gasteiger partial charge is 0.456 e. The van der Waals surface area contributed by atoms with Gasteiger partial charge < -0.3 is 14.2 Å². The van der Waals surface area contributed by atoms with Crippen LogP contribution in [0.25, 0.3) is 223 Å². The van der Waals surface area contributed by atoms with Crippen LogP contribution in [0.5, 0.6) is 34.5 Å². The lowest BCUT2D eigenvalue weighted by Crippen LogP contribution is -1.97. The van der Waals surface area contributed by atoms with Gasteiger partial charge in [-0.1, -0.05) is 412 Å². The molecule has 26 rings (SSSR count). The van der Waals surface area contributed by atoms with Gasteiger partial charge in [-0.05, 0) is 161 Å². The summed E-state index contributed by atoms with van der Waals surface area (Å²) in [4.78, 5) is 28.5. The first-order chi connectivity index (χ1) is 75.1. The first kappa shape index (κ1) is 61.4. The first-order valence-corrected chi connectivity index (χ1v) is 43.7. The van der Waals surface area contributed by atoms with Gasteiger partial charge in [-0.3, -0.25) is 0 Å². The van der Waals surface area contributed by atoms with Gasteiger partial charge in [0, 0.05) is 82.9 Å². The molecule has 0 atom stereocenters. The van der Waals surface area contributed by atoms with E-state index in [9.17, 15) is 0 Å². The number of ether oxygens (including phenoxy) is 3. The van der Waals surface area contributed by atoms with Gasteiger partial charge in [0.25, 0.3) is 0 Å². The minimum atomic E-state index is -0.529. The normalized spacial score (nSPS) is 13.7. The number of rotatable bonds is 14. The fourth-order valence-electron chi connectivity index (χ4n) is 17.7. The molecule has 3 aromatic heterocycles. The molecule has 0 unspecified atom stereocenters. The van der Waals surface area contributed by atoms with E-state index in [2.05, 4.69) is 114 Å². The van der Waals surface area contributed by atoms with Crippen molar-refractivity contribution in [2.75, 3.05) is 0 Å². The van der Waals surface area contributed by atoms with E-state index in [1.807, 2.05) is 224 Å². The number of aromatic nitrogens is 6. The van der Waals surface area contributed by atoms with Crippen LogP contribution in [0.1, 0.15) is 27.4 Å². The molecule has 9 heteroatoms. The molecule has 0 amide bonds. The fourth-order valence-corrected chi connectivity index (χ4v) is 17.7. The van der Waals surface area contributed by atoms with Crippen molar-refractivity contribution in [3.05, 3.63) is 485 Å². The van der Waals surface area contributed by atoms with Gasteiger partial charge in [0.2, 0.25) is 0 Å². The van der Waals surface area contributed by atoms with Crippen molar-refractivity contribution in [1.82, 2.24) is 29.9 Å². The zero-order valence-electron chi connectivity index (χ0n) is 91.5. The molecule has 0 aliphatic carbocycles. The second-order valence-corrected chi connectivity index (χ2v) is 32.4. The van der Waals surface area contributed by atoms with Crippen LogP contribution in [0.3, 0.4) is 0 Å². The van der Waals surface area contributed by atoms with Crippen LogP contribution in [0, 0.1) is 0 Å². The molecular formula is C126H80N6O3. The molecular weight excluding hydrogens is 1650 g/mol. The molecule has 0 saturated heterocycles. The van der Waals surface area contributed by atoms with Gasteiger partial charge in [-0.2, -0.15) is 0 Å². The van der Waals surface area contributed by atoms with Crippen LogP contribution in [-0.2, 0) is 0 Å². The lowest BCUT2D eigenvalue weighted by atomic mass is 9.92. The third kappa shape index (κ3) is 15.9. The van der Waals surface area contributed by atoms with Gasteiger partial charge in [-0.15, -0.1) is 0 Å². The molecule has 135 heavy (non-hydrogen) atoms. The lowest BCUT2D eigenvalue weighted by molar-refractivity contribution is 0.487. The number of hydrogen-bond donors (Lipinski definition) is 0. The molecule has 632 valence electrons. The second kappa shape index (κ2) is 35.0. The number of hydrogen-bond acceptors (Lipinski definition) is 9. The van der Waals surface area contributed by atoms with E-state index >= 15 is 0 Å². The molecule has 0 N–H and O–H groups in total. The zero-order chi connectivity index (χ0) is 107. The minimum absolute atomic E-state index is 0.0328. The summed E-state index contributed by atoms with van der Waals surface area (Å²) in [6.45, 7) is 0. The second-order valence-electron chi connectivity index (χ2n) is 32.4. The molecule has 0 bridgehead atoms. The van der Waals surface area contributed by atoms with Crippen LogP contribution >= 0.6 is 0 Å². The van der Waals surface area contributed by atoms with Crippen molar-refractivity contribution < 1.29 is 41.6 Å². The maximum Gasteiger partial charge on any atom is 0.160 e. The van der Waals surface area contributed by atoms with Gasteiger partial charge in [-0.25, -0.2) is 29.9 Å². The van der Waals surface area contributed by atoms with Crippen molar-refractivity contribution in [2.45, 2.75) is 0 Å². The minimum Gasteiger partial charge on any atom is -0.456 e. The summed E-state index contributed by atoms with van der Waals surface area (Å²) in [5.41, 5.74) is 22.4. The van der Waals surface area contributed by atoms with E-state index in [1.165, 1.54) is 0 Å². The Morgan fingerprint density at radius 1 is 0.148 bits per heavy atom. The quantitative estimate of drug-likeness (QED) is 0.105. The highest BCUT2D eigenvalue weighted by atomic mass is 16.5. The van der Waals surface area contributed by atoms with Crippen molar-refractivity contribution in [2.24, 2.45) is 0 Å². The molecule has 9 nitrogen and oxygen atoms in total. The molecule has 6 heterocycles. The Labute approximate surface area is 809 Å². The van der Waals surface area contributed by atoms with Crippen molar-refractivity contribution in [1.29, 1.82) is 0 Å². The monoisotopic (exact) mass is 1740 g/mol. The van der Waals surface area contributed by atoms with Crippen LogP contribution in [0.15, 0.2) is 485 Å². The Kier molecular flexibility index (Phi) is 15.9. The highest BCUT2D eigenvalue weighted by Crippen LogP contribution is 2.52. The SMILES string of the molecule is [2H]c1c([2H])c([2H])c(-c2ccc(-c3cc(-c4ccc(-c5ccc6c(c5)-c5cccc7cccc(c57)O6)cc4)nc(-c4c([2H])c([2H])c([2H])c([2H])c4[2H])n3)cc2)c([2H])c1[2H].[2H]c1c([2H])c([2H])c(-c2nc(-c3ccc(-c4ccccc4)cc3)cc(-c3ccc(-c4ccc5c(c4)-c4cccc6cccc(c46)O5)cc3)n2)c([2H])c1[2H].[2H]c1c([2H])c([2H])c(-c2nc(-c3ccccc3)cc(-c3ccc(-c4ccc5c(c4)-c4cccc6cccc(c46)O5)cc3)n2)c([2H])c1[2H]. The average molecular weight is 1750 g/mol. The van der Waals surface area contributed by atoms with Gasteiger partial charge in [0.05, 0.1) is 61.6 Å². The van der Waals surface area contributed by atoms with E-state index in [4.69, 9.17) is 66.5 Å². The number of benzene rings is 20. The third-order valence-corrected chi connectivity index (χ3v) is 24.3. The van der Waals surface area contributed by atoms with Crippen molar-refractivity contribution in [3.63, 3.8) is 0 Å². The zero-order valence-corrected chi connectivity index (χ0v) is 71.5. The Hall–Kier alpha value is -18.2. The topological polar surface area (TPSA) is 105 Å². The van der Waals surface area contributed by atoms with Crippen molar-refractivity contribution >= 4 is 32.3 Å². The maximum absolute atomic E-state index is 8.66. The van der Waals surface area contributed by atoms with E-state index in [0.717, 1.165) is 167 Å². The van der Waals surface area contributed by atoms with Crippen LogP contribution in [0.4, 0.5) is 0 Å². The van der Waals surface area contributed by atoms with E-state index in [0.29, 0.717) is 50.9 Å². The molecule has 0 saturated carbocycles. The predicted octanol–water partition coefficient (Wildman–Crippen LogP) is 33.5. The summed E-state index contributed by atoms with van der Waals surface area (Å²) in [6, 6.07) is 111. The Morgan fingerprint density at radius 2 is 0.363 bits per heavy atom. The molecule has 3 aliphatic rings. The Bertz CT molecular complexity index is 9660. The average Bonchev–Trinajstić information content (AvgIpc) is 0.745. The fraction of sp³-hybridized carbons (Fsp3) is 0. The van der Waals surface area contributed by atoms with Gasteiger partial charge >= 0.3 is 0 Å². The van der Waals surface area contributed by atoms with Crippen LogP contribution in [0.2, 0.25) is 0 Å². The van der Waals surface area contributed by atoms with Gasteiger partial charge in [0.1, 0.15) is 34.5 Å². The Balaban J connectivity index is 0.000000123. The van der Waals surface area contributed by atoms with Gasteiger partial charge in [0.15, 0.2) is 17.5 Å². The number of nitrogens with zero attached hydrogens (tertiary/aromatic N) is 6. The standard InChI is InChI=1S/2C44H28N2O.C38H24N2O/c2*1-3-9-29(10-4-1)30-17-21-32(22-18-30)39-28-40(46-44(45-39)35-11-5-2-6-12-35)33-23-19-31(20-24-33)36-25-26-41-38(27-36)37-15-7-13-34-14-8-16-42(47-41)43(34)37;1-3-9-26(10-4-1)33-24-34(40-38(39-33)29-11-5-2-6-12-29)27-19-17-25(18-20-27)30-21-22-35-32(23-30)31-15-7-13-28-14-8-16-36(41-35)37(28)31/h2*1-28H;1-24H/i1D,2D,3D,4D,5D,6D,9D,10D,11D,12D;2*2D,5D,6D,11D,12D. The van der Waals surface area contributed by atoms with Crippen LogP contribution < -0.4 is 14.2 Å². The summed E-state index contributed by atoms with van der Waals surface area (Å²) in [7, 11) is 0. The number of fused-ring (bicyclic) bond motifs is 6. The smallest absolute Gasteiger partial charge is 0.160 e. The molecule has 0 radical (unpaired) electrons. The highest BCUT2D eigenvalue weighted by molar-refractivity contribution is 6.07. The molecule has 0 spiro atoms. The molecule has 3 aliphatic heterocycles. The summed E-state index contributed by atoms with van der Waals surface area (Å²) in [5.74, 6) is 5.02. The predicted molar refractivity (Wildman–Crippen MR) is 551 cm³/mol.